The molecule has 0 unspecified atom stereocenters. The highest BCUT2D eigenvalue weighted by molar-refractivity contribution is 7.93. The summed E-state index contributed by atoms with van der Waals surface area (Å²) in [7, 11) is -7.80. The van der Waals surface area contributed by atoms with Crippen LogP contribution in [-0.2, 0) is 20.0 Å². The molecule has 0 bridgehead atoms. The second-order valence-corrected chi connectivity index (χ2v) is 12.9. The first-order valence-corrected chi connectivity index (χ1v) is 15.2. The van der Waals surface area contributed by atoms with E-state index in [9.17, 15) is 21.6 Å². The summed E-state index contributed by atoms with van der Waals surface area (Å²) in [6, 6.07) is 21.0. The first-order chi connectivity index (χ1) is 18.3. The monoisotopic (exact) mass is 603 g/mol. The highest BCUT2D eigenvalue weighted by atomic mass is 35.5. The fourth-order valence-corrected chi connectivity index (χ4v) is 6.35. The molecule has 39 heavy (non-hydrogen) atoms. The molecule has 0 heterocycles. The number of nitrogens with one attached hydrogen (secondary N) is 3. The van der Waals surface area contributed by atoms with Crippen LogP contribution >= 0.6 is 23.2 Å². The summed E-state index contributed by atoms with van der Waals surface area (Å²) in [5, 5.41) is 3.26. The van der Waals surface area contributed by atoms with Gasteiger partial charge < -0.3 is 5.32 Å². The molecule has 4 aromatic rings. The van der Waals surface area contributed by atoms with E-state index in [1.165, 1.54) is 54.6 Å². The Morgan fingerprint density at radius 2 is 1.21 bits per heavy atom. The third kappa shape index (κ3) is 6.90. The Morgan fingerprint density at radius 3 is 1.79 bits per heavy atom. The SMILES string of the molecule is Cc1ccc(S(=O)(=O)Nc2cccc(C(=O)Nc3ccc(S(=O)(=O)Nc4cc(Cl)cc(Cl)c4)cc3)c2C)cc1. The zero-order chi connectivity index (χ0) is 28.4. The Hall–Kier alpha value is -3.57. The van der Waals surface area contributed by atoms with Crippen LogP contribution in [0.25, 0.3) is 0 Å². The number of aryl methyl sites for hydroxylation is 1. The van der Waals surface area contributed by atoms with Crippen molar-refractivity contribution < 1.29 is 21.6 Å². The van der Waals surface area contributed by atoms with Crippen LogP contribution in [0.15, 0.2) is 94.7 Å². The molecule has 8 nitrogen and oxygen atoms in total. The normalized spacial score (nSPS) is 11.6. The molecule has 0 aliphatic carbocycles. The number of sulfonamides is 2. The minimum atomic E-state index is -3.94. The van der Waals surface area contributed by atoms with Gasteiger partial charge in [0.25, 0.3) is 26.0 Å². The van der Waals surface area contributed by atoms with E-state index in [0.717, 1.165) is 5.56 Å². The van der Waals surface area contributed by atoms with Crippen molar-refractivity contribution in [3.05, 3.63) is 112 Å². The lowest BCUT2D eigenvalue weighted by Gasteiger charge is -2.14. The molecule has 202 valence electrons. The Balaban J connectivity index is 1.49. The van der Waals surface area contributed by atoms with Crippen LogP contribution < -0.4 is 14.8 Å². The molecule has 0 atom stereocenters. The number of amides is 1. The van der Waals surface area contributed by atoms with E-state index in [2.05, 4.69) is 14.8 Å². The molecule has 0 radical (unpaired) electrons. The van der Waals surface area contributed by atoms with Crippen molar-refractivity contribution in [1.82, 2.24) is 0 Å². The molecule has 0 spiro atoms. The van der Waals surface area contributed by atoms with Crippen LogP contribution in [-0.4, -0.2) is 22.7 Å². The lowest BCUT2D eigenvalue weighted by atomic mass is 10.1. The molecule has 4 aromatic carbocycles. The maximum atomic E-state index is 13.0. The van der Waals surface area contributed by atoms with Gasteiger partial charge in [0, 0.05) is 21.3 Å². The fourth-order valence-electron chi connectivity index (χ4n) is 3.66. The standard InChI is InChI=1S/C27H23Cl2N3O5S2/c1-17-6-10-23(11-7-17)39(36,37)32-26-5-3-4-25(18(26)2)27(33)30-21-8-12-24(13-9-21)38(34,35)31-22-15-19(28)14-20(29)16-22/h3-16,31-32H,1-2H3,(H,30,33). The topological polar surface area (TPSA) is 121 Å². The third-order valence-electron chi connectivity index (χ3n) is 5.69. The molecular formula is C27H23Cl2N3O5S2. The minimum absolute atomic E-state index is 0.0414. The molecule has 0 saturated heterocycles. The second-order valence-electron chi connectivity index (χ2n) is 8.64. The zero-order valence-electron chi connectivity index (χ0n) is 20.7. The maximum Gasteiger partial charge on any atom is 0.261 e. The molecule has 0 aliphatic rings. The van der Waals surface area contributed by atoms with Gasteiger partial charge in [-0.05, 0) is 86.1 Å². The quantitative estimate of drug-likeness (QED) is 0.213. The van der Waals surface area contributed by atoms with Crippen molar-refractivity contribution in [1.29, 1.82) is 0 Å². The summed E-state index contributed by atoms with van der Waals surface area (Å²) in [4.78, 5) is 13.1. The van der Waals surface area contributed by atoms with Gasteiger partial charge in [0.15, 0.2) is 0 Å². The van der Waals surface area contributed by atoms with Crippen LogP contribution in [0.4, 0.5) is 17.1 Å². The van der Waals surface area contributed by atoms with E-state index < -0.39 is 26.0 Å². The van der Waals surface area contributed by atoms with Gasteiger partial charge >= 0.3 is 0 Å². The number of hydrogen-bond acceptors (Lipinski definition) is 5. The lowest BCUT2D eigenvalue weighted by molar-refractivity contribution is 0.102. The van der Waals surface area contributed by atoms with Crippen LogP contribution in [0.2, 0.25) is 10.0 Å². The maximum absolute atomic E-state index is 13.0. The Morgan fingerprint density at radius 1 is 0.667 bits per heavy atom. The number of carbonyl (C=O) groups is 1. The van der Waals surface area contributed by atoms with Crippen molar-refractivity contribution in [2.75, 3.05) is 14.8 Å². The van der Waals surface area contributed by atoms with E-state index in [4.69, 9.17) is 23.2 Å². The zero-order valence-corrected chi connectivity index (χ0v) is 23.8. The molecular weight excluding hydrogens is 581 g/mol. The minimum Gasteiger partial charge on any atom is -0.322 e. The van der Waals surface area contributed by atoms with Gasteiger partial charge in [-0.25, -0.2) is 16.8 Å². The Kier molecular flexibility index (Phi) is 8.22. The molecule has 12 heteroatoms. The first kappa shape index (κ1) is 28.4. The molecule has 1 amide bonds. The average molecular weight is 605 g/mol. The molecule has 0 fully saturated rings. The smallest absolute Gasteiger partial charge is 0.261 e. The van der Waals surface area contributed by atoms with Crippen molar-refractivity contribution in [3.63, 3.8) is 0 Å². The highest BCUT2D eigenvalue weighted by Gasteiger charge is 2.19. The third-order valence-corrected chi connectivity index (χ3v) is 8.91. The van der Waals surface area contributed by atoms with Crippen LogP contribution in [0, 0.1) is 13.8 Å². The number of anilines is 3. The van der Waals surface area contributed by atoms with Gasteiger partial charge in [-0.3, -0.25) is 14.2 Å². The summed E-state index contributed by atoms with van der Waals surface area (Å²) in [5.74, 6) is -0.494. The van der Waals surface area contributed by atoms with E-state index in [1.54, 1.807) is 37.3 Å². The van der Waals surface area contributed by atoms with Gasteiger partial charge in [0.05, 0.1) is 21.2 Å². The van der Waals surface area contributed by atoms with Gasteiger partial charge in [0.2, 0.25) is 0 Å². The lowest BCUT2D eigenvalue weighted by Crippen LogP contribution is -2.17. The summed E-state index contributed by atoms with van der Waals surface area (Å²) in [6.07, 6.45) is 0. The summed E-state index contributed by atoms with van der Waals surface area (Å²) >= 11 is 11.9. The number of benzene rings is 4. The van der Waals surface area contributed by atoms with E-state index in [1.807, 2.05) is 6.92 Å². The predicted octanol–water partition coefficient (Wildman–Crippen LogP) is 6.46. The number of carbonyl (C=O) groups excluding carboxylic acids is 1. The molecule has 3 N–H and O–H groups in total. The fraction of sp³-hybridized carbons (Fsp3) is 0.0741. The van der Waals surface area contributed by atoms with Crippen molar-refractivity contribution in [3.8, 4) is 0 Å². The largest absolute Gasteiger partial charge is 0.322 e. The Bertz CT molecular complexity index is 1740. The molecule has 0 aromatic heterocycles. The van der Waals surface area contributed by atoms with Crippen molar-refractivity contribution >= 4 is 66.2 Å². The van der Waals surface area contributed by atoms with Crippen molar-refractivity contribution in [2.45, 2.75) is 23.6 Å². The summed E-state index contributed by atoms with van der Waals surface area (Å²) in [6.45, 7) is 3.49. The number of halogens is 2. The van der Waals surface area contributed by atoms with E-state index in [0.29, 0.717) is 11.3 Å². The van der Waals surface area contributed by atoms with Gasteiger partial charge in [0.1, 0.15) is 0 Å². The molecule has 0 aliphatic heterocycles. The van der Waals surface area contributed by atoms with Gasteiger partial charge in [-0.15, -0.1) is 0 Å². The average Bonchev–Trinajstić information content (AvgIpc) is 2.85. The summed E-state index contributed by atoms with van der Waals surface area (Å²) < 4.78 is 56.1. The van der Waals surface area contributed by atoms with Crippen LogP contribution in [0.3, 0.4) is 0 Å². The van der Waals surface area contributed by atoms with Gasteiger partial charge in [-0.2, -0.15) is 0 Å². The predicted molar refractivity (Wildman–Crippen MR) is 155 cm³/mol. The second kappa shape index (κ2) is 11.3. The van der Waals surface area contributed by atoms with Crippen molar-refractivity contribution in [2.24, 2.45) is 0 Å². The van der Waals surface area contributed by atoms with Crippen LogP contribution in [0.1, 0.15) is 21.5 Å². The van der Waals surface area contributed by atoms with E-state index >= 15 is 0 Å². The number of hydrogen-bond donors (Lipinski definition) is 3. The molecule has 0 saturated carbocycles. The number of rotatable bonds is 8. The first-order valence-electron chi connectivity index (χ1n) is 11.4. The van der Waals surface area contributed by atoms with E-state index in [-0.39, 0.29) is 36.8 Å². The molecule has 4 rings (SSSR count). The summed E-state index contributed by atoms with van der Waals surface area (Å²) in [5.41, 5.74) is 2.41. The highest BCUT2D eigenvalue weighted by Crippen LogP contribution is 2.26. The van der Waals surface area contributed by atoms with Crippen LogP contribution in [0.5, 0.6) is 0 Å². The van der Waals surface area contributed by atoms with Gasteiger partial charge in [-0.1, -0.05) is 47.0 Å². The Labute approximate surface area is 237 Å².